The minimum atomic E-state index is -0.741. The van der Waals surface area contributed by atoms with Gasteiger partial charge >= 0.3 is 5.97 Å². The van der Waals surface area contributed by atoms with Crippen molar-refractivity contribution in [3.8, 4) is 0 Å². The van der Waals surface area contributed by atoms with Crippen LogP contribution in [-0.4, -0.2) is 35.6 Å². The van der Waals surface area contributed by atoms with E-state index in [-0.39, 0.29) is 12.4 Å². The first-order valence-corrected chi connectivity index (χ1v) is 4.21. The number of halogens is 1. The second-order valence-electron chi connectivity index (χ2n) is 4.20. The molecule has 0 aliphatic rings. The average Bonchev–Trinajstić information content (AvgIpc) is 1.85. The van der Waals surface area contributed by atoms with Crippen LogP contribution in [0.3, 0.4) is 0 Å². The van der Waals surface area contributed by atoms with Gasteiger partial charge in [0, 0.05) is 12.6 Å². The number of nitrogens with zero attached hydrogens (tertiary/aromatic N) is 1. The maximum atomic E-state index is 10.8. The van der Waals surface area contributed by atoms with Gasteiger partial charge in [-0.3, -0.25) is 4.79 Å². The average molecular weight is 210 g/mol. The Balaban J connectivity index is 0. The van der Waals surface area contributed by atoms with Crippen molar-refractivity contribution in [2.75, 3.05) is 13.6 Å². The summed E-state index contributed by atoms with van der Waals surface area (Å²) in [6.07, 6.45) is 0. The van der Waals surface area contributed by atoms with Gasteiger partial charge in [0.05, 0.1) is 5.41 Å². The minimum absolute atomic E-state index is 0. The van der Waals surface area contributed by atoms with E-state index in [0.717, 1.165) is 0 Å². The Hall–Kier alpha value is -0.280. The lowest BCUT2D eigenvalue weighted by Crippen LogP contribution is -2.40. The van der Waals surface area contributed by atoms with Crippen molar-refractivity contribution < 1.29 is 9.90 Å². The van der Waals surface area contributed by atoms with Crippen LogP contribution in [0.5, 0.6) is 0 Å². The van der Waals surface area contributed by atoms with Crippen LogP contribution in [0.25, 0.3) is 0 Å². The molecule has 0 amide bonds. The molecule has 0 aliphatic heterocycles. The van der Waals surface area contributed by atoms with Crippen LogP contribution in [0.15, 0.2) is 0 Å². The Kier molecular flexibility index (Phi) is 6.37. The van der Waals surface area contributed by atoms with Gasteiger partial charge in [-0.2, -0.15) is 0 Å². The molecule has 0 fully saturated rings. The number of carboxylic acid groups (broad SMARTS) is 1. The highest BCUT2D eigenvalue weighted by Crippen LogP contribution is 2.17. The molecule has 4 heteroatoms. The first kappa shape index (κ1) is 15.2. The van der Waals surface area contributed by atoms with E-state index >= 15 is 0 Å². The maximum Gasteiger partial charge on any atom is 0.310 e. The molecule has 0 heterocycles. The largest absolute Gasteiger partial charge is 0.481 e. The molecule has 0 aromatic rings. The molecule has 0 rings (SSSR count). The Morgan fingerprint density at radius 2 is 1.85 bits per heavy atom. The molecule has 0 saturated heterocycles. The highest BCUT2D eigenvalue weighted by Gasteiger charge is 2.29. The maximum absolute atomic E-state index is 10.8. The van der Waals surface area contributed by atoms with Crippen molar-refractivity contribution >= 4 is 18.4 Å². The van der Waals surface area contributed by atoms with Gasteiger partial charge in [0.2, 0.25) is 0 Å². The van der Waals surface area contributed by atoms with Gasteiger partial charge in [-0.25, -0.2) is 0 Å². The molecule has 0 aromatic heterocycles. The van der Waals surface area contributed by atoms with E-state index in [4.69, 9.17) is 5.11 Å². The fourth-order valence-electron chi connectivity index (χ4n) is 0.874. The molecule has 0 radical (unpaired) electrons. The van der Waals surface area contributed by atoms with Crippen LogP contribution in [0.2, 0.25) is 0 Å². The summed E-state index contributed by atoms with van der Waals surface area (Å²) in [5.41, 5.74) is -0.654. The summed E-state index contributed by atoms with van der Waals surface area (Å²) in [5.74, 6) is -0.741. The van der Waals surface area contributed by atoms with Crippen molar-refractivity contribution in [1.29, 1.82) is 0 Å². The predicted octanol–water partition coefficient (Wildman–Crippen LogP) is 1.86. The van der Waals surface area contributed by atoms with Crippen molar-refractivity contribution in [1.82, 2.24) is 4.90 Å². The lowest BCUT2D eigenvalue weighted by Gasteiger charge is -2.29. The molecule has 1 N–H and O–H groups in total. The van der Waals surface area contributed by atoms with Crippen molar-refractivity contribution in [3.63, 3.8) is 0 Å². The third kappa shape index (κ3) is 5.11. The molecule has 80 valence electrons. The highest BCUT2D eigenvalue weighted by atomic mass is 35.5. The Morgan fingerprint density at radius 1 is 1.46 bits per heavy atom. The van der Waals surface area contributed by atoms with Crippen molar-refractivity contribution in [3.05, 3.63) is 0 Å². The van der Waals surface area contributed by atoms with E-state index in [9.17, 15) is 4.79 Å². The van der Waals surface area contributed by atoms with Crippen molar-refractivity contribution in [2.24, 2.45) is 5.41 Å². The fourth-order valence-corrected chi connectivity index (χ4v) is 0.874. The van der Waals surface area contributed by atoms with Crippen LogP contribution in [-0.2, 0) is 4.79 Å². The van der Waals surface area contributed by atoms with Crippen molar-refractivity contribution in [2.45, 2.75) is 33.7 Å². The van der Waals surface area contributed by atoms with Crippen LogP contribution in [0.4, 0.5) is 0 Å². The number of rotatable bonds is 4. The SMILES string of the molecule is CC(C)N(C)CC(C)(C)C(=O)O.Cl. The van der Waals surface area contributed by atoms with E-state index in [1.165, 1.54) is 0 Å². The lowest BCUT2D eigenvalue weighted by molar-refractivity contribution is -0.148. The van der Waals surface area contributed by atoms with Gasteiger partial charge in [0.25, 0.3) is 0 Å². The highest BCUT2D eigenvalue weighted by molar-refractivity contribution is 5.85. The molecule has 0 aliphatic carbocycles. The van der Waals surface area contributed by atoms with E-state index in [0.29, 0.717) is 12.6 Å². The number of carboxylic acids is 1. The number of hydrogen-bond donors (Lipinski definition) is 1. The van der Waals surface area contributed by atoms with Crippen LogP contribution < -0.4 is 0 Å². The molecular formula is C9H20ClNO2. The summed E-state index contributed by atoms with van der Waals surface area (Å²) >= 11 is 0. The topological polar surface area (TPSA) is 40.5 Å². The summed E-state index contributed by atoms with van der Waals surface area (Å²) in [6.45, 7) is 8.18. The van der Waals surface area contributed by atoms with Gasteiger partial charge in [0.15, 0.2) is 0 Å². The third-order valence-electron chi connectivity index (χ3n) is 2.11. The zero-order chi connectivity index (χ0) is 9.94. The van der Waals surface area contributed by atoms with Crippen LogP contribution in [0.1, 0.15) is 27.7 Å². The van der Waals surface area contributed by atoms with E-state index in [1.807, 2.05) is 11.9 Å². The monoisotopic (exact) mass is 209 g/mol. The van der Waals surface area contributed by atoms with Gasteiger partial charge in [-0.05, 0) is 34.7 Å². The number of hydrogen-bond acceptors (Lipinski definition) is 2. The number of aliphatic carboxylic acids is 1. The second kappa shape index (κ2) is 5.45. The zero-order valence-corrected chi connectivity index (χ0v) is 9.81. The van der Waals surface area contributed by atoms with Gasteiger partial charge in [-0.1, -0.05) is 0 Å². The third-order valence-corrected chi connectivity index (χ3v) is 2.11. The summed E-state index contributed by atoms with van der Waals surface area (Å²) in [7, 11) is 1.94. The second-order valence-corrected chi connectivity index (χ2v) is 4.20. The Labute approximate surface area is 86.5 Å². The molecule has 0 aromatic carbocycles. The first-order chi connectivity index (χ1) is 5.27. The van der Waals surface area contributed by atoms with Gasteiger partial charge < -0.3 is 10.0 Å². The molecule has 0 bridgehead atoms. The van der Waals surface area contributed by atoms with E-state index in [2.05, 4.69) is 13.8 Å². The minimum Gasteiger partial charge on any atom is -0.481 e. The smallest absolute Gasteiger partial charge is 0.310 e. The molecule has 13 heavy (non-hydrogen) atoms. The molecule has 0 spiro atoms. The van der Waals surface area contributed by atoms with Gasteiger partial charge in [-0.15, -0.1) is 12.4 Å². The summed E-state index contributed by atoms with van der Waals surface area (Å²) < 4.78 is 0. The normalized spacial score (nSPS) is 11.6. The lowest BCUT2D eigenvalue weighted by atomic mass is 9.93. The van der Waals surface area contributed by atoms with E-state index in [1.54, 1.807) is 13.8 Å². The zero-order valence-electron chi connectivity index (χ0n) is 9.00. The Bertz CT molecular complexity index is 169. The van der Waals surface area contributed by atoms with E-state index < -0.39 is 11.4 Å². The number of carbonyl (C=O) groups is 1. The standard InChI is InChI=1S/C9H19NO2.ClH/c1-7(2)10(5)6-9(3,4)8(11)12;/h7H,6H2,1-5H3,(H,11,12);1H. The first-order valence-electron chi connectivity index (χ1n) is 4.21. The molecule has 0 atom stereocenters. The quantitative estimate of drug-likeness (QED) is 0.769. The van der Waals surface area contributed by atoms with Gasteiger partial charge in [0.1, 0.15) is 0 Å². The predicted molar refractivity (Wildman–Crippen MR) is 56.4 cm³/mol. The molecule has 0 saturated carbocycles. The molecule has 3 nitrogen and oxygen atoms in total. The van der Waals surface area contributed by atoms with Crippen LogP contribution in [0, 0.1) is 5.41 Å². The molecular weight excluding hydrogens is 190 g/mol. The van der Waals surface area contributed by atoms with Crippen LogP contribution >= 0.6 is 12.4 Å². The summed E-state index contributed by atoms with van der Waals surface area (Å²) in [5, 5.41) is 8.85. The molecule has 0 unspecified atom stereocenters. The summed E-state index contributed by atoms with van der Waals surface area (Å²) in [4.78, 5) is 12.8. The fraction of sp³-hybridized carbons (Fsp3) is 0.889. The summed E-state index contributed by atoms with van der Waals surface area (Å²) in [6, 6.07) is 0.392. The Morgan fingerprint density at radius 3 is 2.08 bits per heavy atom.